The number of nitrogens with one attached hydrogen (secondary N) is 5. The Labute approximate surface area is 255 Å². The largest absolute Gasteiger partial charge is 0.445 e. The van der Waals surface area contributed by atoms with Crippen molar-refractivity contribution in [2.45, 2.75) is 84.4 Å². The summed E-state index contributed by atoms with van der Waals surface area (Å²) in [7, 11) is 3.46. The van der Waals surface area contributed by atoms with Crippen LogP contribution in [-0.4, -0.2) is 80.6 Å². The molecular weight excluding hydrogens is 554 g/mol. The van der Waals surface area contributed by atoms with Crippen molar-refractivity contribution in [2.24, 2.45) is 11.7 Å². The Bertz CT molecular complexity index is 1020. The second-order valence-electron chi connectivity index (χ2n) is 10.9. The molecule has 0 heterocycles. The predicted octanol–water partition coefficient (Wildman–Crippen LogP) is 2.46. The van der Waals surface area contributed by atoms with E-state index in [1.165, 1.54) is 4.90 Å². The van der Waals surface area contributed by atoms with E-state index >= 15 is 0 Å². The van der Waals surface area contributed by atoms with Crippen LogP contribution in [0.15, 0.2) is 24.3 Å². The molecule has 0 aliphatic heterocycles. The first-order valence-electron chi connectivity index (χ1n) is 15.0. The van der Waals surface area contributed by atoms with Gasteiger partial charge in [0.05, 0.1) is 0 Å². The number of primary amides is 1. The summed E-state index contributed by atoms with van der Waals surface area (Å²) >= 11 is 0. The maximum Gasteiger partial charge on any atom is 0.409 e. The molecular formula is C30H51N7O6. The van der Waals surface area contributed by atoms with Crippen LogP contribution in [0.1, 0.15) is 71.3 Å². The minimum Gasteiger partial charge on any atom is -0.445 e. The number of urea groups is 1. The van der Waals surface area contributed by atoms with E-state index in [2.05, 4.69) is 33.5 Å². The van der Waals surface area contributed by atoms with E-state index in [-0.39, 0.29) is 31.4 Å². The fourth-order valence-corrected chi connectivity index (χ4v) is 4.08. The molecule has 0 aromatic heterocycles. The molecule has 2 atom stereocenters. The number of ether oxygens (including phenoxy) is 1. The molecule has 0 unspecified atom stereocenters. The van der Waals surface area contributed by atoms with Gasteiger partial charge in [0.1, 0.15) is 18.7 Å². The molecule has 0 saturated heterocycles. The third-order valence-corrected chi connectivity index (χ3v) is 6.72. The Kier molecular flexibility index (Phi) is 18.1. The Morgan fingerprint density at radius 2 is 1.63 bits per heavy atom. The number of rotatable bonds is 20. The predicted molar refractivity (Wildman–Crippen MR) is 166 cm³/mol. The van der Waals surface area contributed by atoms with E-state index in [1.54, 1.807) is 38.4 Å². The maximum atomic E-state index is 13.2. The number of likely N-dealkylation sites (N-methyl/N-ethyl adjacent to an activating group) is 2. The zero-order valence-corrected chi connectivity index (χ0v) is 26.3. The van der Waals surface area contributed by atoms with Gasteiger partial charge in [-0.15, -0.1) is 0 Å². The molecule has 0 aliphatic rings. The van der Waals surface area contributed by atoms with Crippen molar-refractivity contribution in [2.75, 3.05) is 39.0 Å². The second-order valence-corrected chi connectivity index (χ2v) is 10.9. The lowest BCUT2D eigenvalue weighted by atomic mass is 10.0. The first kappa shape index (κ1) is 37.2. The van der Waals surface area contributed by atoms with Crippen LogP contribution in [0.4, 0.5) is 15.3 Å². The fraction of sp³-hybridized carbons (Fsp3) is 0.633. The van der Waals surface area contributed by atoms with Crippen LogP contribution >= 0.6 is 0 Å². The summed E-state index contributed by atoms with van der Waals surface area (Å²) < 4.78 is 5.32. The maximum absolute atomic E-state index is 13.2. The molecule has 0 saturated carbocycles. The third-order valence-electron chi connectivity index (χ3n) is 6.72. The highest BCUT2D eigenvalue weighted by Gasteiger charge is 2.28. The molecule has 1 rings (SSSR count). The molecule has 1 aromatic rings. The smallest absolute Gasteiger partial charge is 0.409 e. The lowest BCUT2D eigenvalue weighted by Crippen LogP contribution is -2.54. The van der Waals surface area contributed by atoms with Crippen molar-refractivity contribution in [3.8, 4) is 0 Å². The van der Waals surface area contributed by atoms with Gasteiger partial charge in [-0.25, -0.2) is 9.59 Å². The Morgan fingerprint density at radius 3 is 2.23 bits per heavy atom. The molecule has 0 fully saturated rings. The van der Waals surface area contributed by atoms with E-state index in [0.717, 1.165) is 31.2 Å². The number of benzene rings is 1. The number of unbranched alkanes of at least 4 members (excludes halogenated alkanes) is 3. The van der Waals surface area contributed by atoms with Gasteiger partial charge in [-0.3, -0.25) is 14.4 Å². The van der Waals surface area contributed by atoms with Crippen molar-refractivity contribution < 1.29 is 28.7 Å². The average molecular weight is 606 g/mol. The van der Waals surface area contributed by atoms with Gasteiger partial charge in [0.25, 0.3) is 0 Å². The van der Waals surface area contributed by atoms with Crippen LogP contribution in [0.3, 0.4) is 0 Å². The van der Waals surface area contributed by atoms with Crippen molar-refractivity contribution in [3.63, 3.8) is 0 Å². The molecule has 43 heavy (non-hydrogen) atoms. The van der Waals surface area contributed by atoms with E-state index < -0.39 is 36.0 Å². The van der Waals surface area contributed by atoms with Gasteiger partial charge in [-0.1, -0.05) is 52.2 Å². The second kappa shape index (κ2) is 20.9. The van der Waals surface area contributed by atoms with Crippen LogP contribution in [-0.2, 0) is 25.7 Å². The molecule has 1 aromatic carbocycles. The molecule has 13 heteroatoms. The van der Waals surface area contributed by atoms with Crippen LogP contribution in [0.2, 0.25) is 0 Å². The quantitative estimate of drug-likeness (QED) is 0.123. The zero-order chi connectivity index (χ0) is 32.2. The molecule has 0 aliphatic carbocycles. The number of nitrogens with zero attached hydrogens (tertiary/aromatic N) is 1. The molecule has 6 amide bonds. The number of hydrogen-bond acceptors (Lipinski definition) is 7. The lowest BCUT2D eigenvalue weighted by Gasteiger charge is -2.25. The summed E-state index contributed by atoms with van der Waals surface area (Å²) in [6.45, 7) is 7.21. The van der Waals surface area contributed by atoms with Gasteiger partial charge < -0.3 is 42.0 Å². The topological polar surface area (TPSA) is 184 Å². The van der Waals surface area contributed by atoms with Gasteiger partial charge in [-0.2, -0.15) is 0 Å². The third kappa shape index (κ3) is 15.8. The van der Waals surface area contributed by atoms with Gasteiger partial charge in [0.2, 0.25) is 17.7 Å². The number of nitrogens with two attached hydrogens (primary N) is 1. The first-order valence-corrected chi connectivity index (χ1v) is 15.0. The number of hydrogen-bond donors (Lipinski definition) is 6. The summed E-state index contributed by atoms with van der Waals surface area (Å²) in [6.07, 6.45) is 4.31. The summed E-state index contributed by atoms with van der Waals surface area (Å²) in [6, 6.07) is 4.39. The Hall–Kier alpha value is -3.87. The van der Waals surface area contributed by atoms with Gasteiger partial charge in [-0.05, 0) is 49.9 Å². The monoisotopic (exact) mass is 605 g/mol. The number of carbonyl (C=O) groups excluding carboxylic acids is 5. The van der Waals surface area contributed by atoms with Crippen molar-refractivity contribution in [1.29, 1.82) is 0 Å². The molecule has 242 valence electrons. The summed E-state index contributed by atoms with van der Waals surface area (Å²) in [5, 5.41) is 13.8. The fourth-order valence-electron chi connectivity index (χ4n) is 4.08. The van der Waals surface area contributed by atoms with E-state index in [4.69, 9.17) is 10.5 Å². The standard InChI is InChI=1S/C30H51N7O6/c1-6-7-8-9-12-25(38)36-26(21(2)3)28(40)35-24(11-10-17-33-29(31)41)27(39)34-23-15-13-22(14-16-23)20-43-30(42)37(5)19-18-32-4/h13-16,21,24,26,32H,6-12,17-20H2,1-5H3,(H,34,39)(H,35,40)(H,36,38)(H3,31,33,41)/t24-,26-/m0/s1. The number of amides is 6. The van der Waals surface area contributed by atoms with Crippen LogP contribution < -0.4 is 32.3 Å². The highest BCUT2D eigenvalue weighted by atomic mass is 16.6. The average Bonchev–Trinajstić information content (AvgIpc) is 2.97. The number of anilines is 1. The normalized spacial score (nSPS) is 12.1. The highest BCUT2D eigenvalue weighted by Crippen LogP contribution is 2.13. The summed E-state index contributed by atoms with van der Waals surface area (Å²) in [5.74, 6) is -1.32. The van der Waals surface area contributed by atoms with Gasteiger partial charge >= 0.3 is 12.1 Å². The van der Waals surface area contributed by atoms with E-state index in [0.29, 0.717) is 31.6 Å². The van der Waals surface area contributed by atoms with Crippen LogP contribution in [0, 0.1) is 5.92 Å². The lowest BCUT2D eigenvalue weighted by molar-refractivity contribution is -0.132. The van der Waals surface area contributed by atoms with Gasteiger partial charge in [0.15, 0.2) is 0 Å². The van der Waals surface area contributed by atoms with Gasteiger partial charge in [0, 0.05) is 38.8 Å². The SMILES string of the molecule is CCCCCCC(=O)N[C@H](C(=O)N[C@@H](CCCNC(N)=O)C(=O)Nc1ccc(COC(=O)N(C)CCNC)cc1)C(C)C. The summed E-state index contributed by atoms with van der Waals surface area (Å²) in [4.78, 5) is 63.6. The minimum atomic E-state index is -0.932. The zero-order valence-electron chi connectivity index (χ0n) is 26.3. The summed E-state index contributed by atoms with van der Waals surface area (Å²) in [5.41, 5.74) is 6.36. The number of carbonyl (C=O) groups is 5. The molecule has 0 spiro atoms. The minimum absolute atomic E-state index is 0.0728. The molecule has 13 nitrogen and oxygen atoms in total. The Balaban J connectivity index is 2.84. The molecule has 0 radical (unpaired) electrons. The molecule has 0 bridgehead atoms. The molecule has 7 N–H and O–H groups in total. The van der Waals surface area contributed by atoms with E-state index in [1.807, 2.05) is 13.8 Å². The van der Waals surface area contributed by atoms with Crippen LogP contribution in [0.25, 0.3) is 0 Å². The van der Waals surface area contributed by atoms with Crippen molar-refractivity contribution in [1.82, 2.24) is 26.2 Å². The van der Waals surface area contributed by atoms with E-state index in [9.17, 15) is 24.0 Å². The highest BCUT2D eigenvalue weighted by molar-refractivity contribution is 5.98. The van der Waals surface area contributed by atoms with Crippen molar-refractivity contribution in [3.05, 3.63) is 29.8 Å². The van der Waals surface area contributed by atoms with Crippen molar-refractivity contribution >= 4 is 35.5 Å². The van der Waals surface area contributed by atoms with Crippen LogP contribution in [0.5, 0.6) is 0 Å². The first-order chi connectivity index (χ1) is 20.5. The Morgan fingerprint density at radius 1 is 0.930 bits per heavy atom.